The summed E-state index contributed by atoms with van der Waals surface area (Å²) in [6, 6.07) is 0. The van der Waals surface area contributed by atoms with Crippen molar-refractivity contribution in [3.05, 3.63) is 16.3 Å². The molecule has 1 rings (SSSR count). The second-order valence-corrected chi connectivity index (χ2v) is 3.33. The minimum absolute atomic E-state index is 0.316. The molecule has 0 saturated heterocycles. The monoisotopic (exact) mass is 210 g/mol. The van der Waals surface area contributed by atoms with Gasteiger partial charge in [0.1, 0.15) is 0 Å². The van der Waals surface area contributed by atoms with Gasteiger partial charge in [-0.1, -0.05) is 17.5 Å². The Kier molecular flexibility index (Phi) is 3.32. The van der Waals surface area contributed by atoms with Crippen LogP contribution in [0.1, 0.15) is 18.1 Å². The molecule has 0 aliphatic carbocycles. The minimum atomic E-state index is -0.316. The lowest BCUT2D eigenvalue weighted by Gasteiger charge is -2.11. The number of halogens is 1. The van der Waals surface area contributed by atoms with Crippen LogP contribution in [0, 0.1) is 26.2 Å². The Balaban J connectivity index is 3.01. The molecule has 74 valence electrons. The maximum atomic E-state index is 5.79. The van der Waals surface area contributed by atoms with Gasteiger partial charge >= 0.3 is 0 Å². The lowest BCUT2D eigenvalue weighted by molar-refractivity contribution is 0.262. The third-order valence-corrected chi connectivity index (χ3v) is 2.30. The van der Waals surface area contributed by atoms with E-state index in [0.29, 0.717) is 11.0 Å². The number of rotatable bonds is 2. The van der Waals surface area contributed by atoms with Crippen molar-refractivity contribution < 1.29 is 4.74 Å². The van der Waals surface area contributed by atoms with Gasteiger partial charge in [-0.3, -0.25) is 0 Å². The summed E-state index contributed by atoms with van der Waals surface area (Å²) in [6.07, 6.45) is 4.87. The van der Waals surface area contributed by atoms with Crippen molar-refractivity contribution in [2.75, 3.05) is 0 Å². The number of terminal acetylenes is 1. The molecule has 0 bridgehead atoms. The molecular formula is C10H11ClN2O. The standard InChI is InChI=1S/C10H11ClN2O/c1-5-6(2)14-10-8(4)7(3)9(11)12-13-10/h1,6H,2-4H3. The van der Waals surface area contributed by atoms with Crippen LogP contribution < -0.4 is 4.74 Å². The van der Waals surface area contributed by atoms with E-state index in [1.165, 1.54) is 0 Å². The lowest BCUT2D eigenvalue weighted by Crippen LogP contribution is -2.11. The van der Waals surface area contributed by atoms with Crippen molar-refractivity contribution in [2.45, 2.75) is 26.9 Å². The SMILES string of the molecule is C#CC(C)Oc1nnc(Cl)c(C)c1C. The number of aromatic nitrogens is 2. The fourth-order valence-electron chi connectivity index (χ4n) is 0.868. The van der Waals surface area contributed by atoms with Gasteiger partial charge in [-0.25, -0.2) is 0 Å². The second-order valence-electron chi connectivity index (χ2n) is 2.97. The van der Waals surface area contributed by atoms with Crippen molar-refractivity contribution in [1.29, 1.82) is 0 Å². The van der Waals surface area contributed by atoms with Gasteiger partial charge in [0.15, 0.2) is 11.3 Å². The molecular weight excluding hydrogens is 200 g/mol. The zero-order valence-corrected chi connectivity index (χ0v) is 9.09. The predicted molar refractivity (Wildman–Crippen MR) is 55.4 cm³/mol. The average molecular weight is 211 g/mol. The molecule has 14 heavy (non-hydrogen) atoms. The Morgan fingerprint density at radius 1 is 1.36 bits per heavy atom. The van der Waals surface area contributed by atoms with Gasteiger partial charge in [-0.2, -0.15) is 0 Å². The molecule has 0 N–H and O–H groups in total. The van der Waals surface area contributed by atoms with Crippen LogP contribution in [0.25, 0.3) is 0 Å². The first kappa shape index (κ1) is 10.8. The zero-order valence-electron chi connectivity index (χ0n) is 8.34. The third kappa shape index (κ3) is 2.15. The number of hydrogen-bond donors (Lipinski definition) is 0. The van der Waals surface area contributed by atoms with Gasteiger partial charge in [0.2, 0.25) is 5.88 Å². The molecule has 0 saturated carbocycles. The van der Waals surface area contributed by atoms with E-state index in [2.05, 4.69) is 16.1 Å². The maximum absolute atomic E-state index is 5.79. The quantitative estimate of drug-likeness (QED) is 0.702. The number of hydrogen-bond acceptors (Lipinski definition) is 3. The fourth-order valence-corrected chi connectivity index (χ4v) is 1.05. The summed E-state index contributed by atoms with van der Waals surface area (Å²) in [7, 11) is 0. The van der Waals surface area contributed by atoms with Gasteiger partial charge in [0, 0.05) is 5.56 Å². The summed E-state index contributed by atoms with van der Waals surface area (Å²) in [5.41, 5.74) is 1.73. The van der Waals surface area contributed by atoms with Gasteiger partial charge in [-0.15, -0.1) is 16.6 Å². The smallest absolute Gasteiger partial charge is 0.237 e. The fraction of sp³-hybridized carbons (Fsp3) is 0.400. The van der Waals surface area contributed by atoms with E-state index in [-0.39, 0.29) is 6.10 Å². The van der Waals surface area contributed by atoms with Crippen LogP contribution >= 0.6 is 11.6 Å². The van der Waals surface area contributed by atoms with E-state index in [0.717, 1.165) is 11.1 Å². The largest absolute Gasteiger partial charge is 0.460 e. The molecule has 1 unspecified atom stereocenters. The average Bonchev–Trinajstić information content (AvgIpc) is 2.19. The van der Waals surface area contributed by atoms with Gasteiger partial charge in [-0.05, 0) is 26.3 Å². The minimum Gasteiger partial charge on any atom is -0.460 e. The summed E-state index contributed by atoms with van der Waals surface area (Å²) in [5.74, 6) is 2.89. The topological polar surface area (TPSA) is 35.0 Å². The van der Waals surface area contributed by atoms with Crippen LogP contribution in [0.5, 0.6) is 5.88 Å². The molecule has 0 fully saturated rings. The first-order chi connectivity index (χ1) is 6.56. The molecule has 0 aliphatic rings. The molecule has 3 nitrogen and oxygen atoms in total. The summed E-state index contributed by atoms with van der Waals surface area (Å²) in [6.45, 7) is 5.50. The van der Waals surface area contributed by atoms with Crippen molar-refractivity contribution in [3.63, 3.8) is 0 Å². The molecule has 1 heterocycles. The Hall–Kier alpha value is -1.27. The van der Waals surface area contributed by atoms with E-state index in [1.54, 1.807) is 6.92 Å². The van der Waals surface area contributed by atoms with Crippen LogP contribution in [0.3, 0.4) is 0 Å². The summed E-state index contributed by atoms with van der Waals surface area (Å²) in [4.78, 5) is 0. The highest BCUT2D eigenvalue weighted by molar-refractivity contribution is 6.30. The summed E-state index contributed by atoms with van der Waals surface area (Å²) < 4.78 is 5.36. The maximum Gasteiger partial charge on any atom is 0.237 e. The van der Waals surface area contributed by atoms with Gasteiger partial charge < -0.3 is 4.74 Å². The molecule has 0 aromatic carbocycles. The van der Waals surface area contributed by atoms with Crippen LogP contribution in [-0.4, -0.2) is 16.3 Å². The Morgan fingerprint density at radius 2 is 2.00 bits per heavy atom. The Labute approximate surface area is 88.4 Å². The van der Waals surface area contributed by atoms with Crippen LogP contribution in [0.2, 0.25) is 5.15 Å². The van der Waals surface area contributed by atoms with Crippen LogP contribution in [-0.2, 0) is 0 Å². The molecule has 0 aliphatic heterocycles. The first-order valence-corrected chi connectivity index (χ1v) is 4.56. The van der Waals surface area contributed by atoms with Gasteiger partial charge in [0.05, 0.1) is 0 Å². The molecule has 1 aromatic heterocycles. The van der Waals surface area contributed by atoms with Crippen LogP contribution in [0.4, 0.5) is 0 Å². The molecule has 1 aromatic rings. The van der Waals surface area contributed by atoms with E-state index >= 15 is 0 Å². The predicted octanol–water partition coefficient (Wildman–Crippen LogP) is 2.15. The lowest BCUT2D eigenvalue weighted by atomic mass is 10.2. The molecule has 1 atom stereocenters. The van der Waals surface area contributed by atoms with Gasteiger partial charge in [0.25, 0.3) is 0 Å². The molecule has 0 radical (unpaired) electrons. The second kappa shape index (κ2) is 4.30. The van der Waals surface area contributed by atoms with E-state index in [9.17, 15) is 0 Å². The Bertz CT molecular complexity index is 384. The van der Waals surface area contributed by atoms with Crippen molar-refractivity contribution in [2.24, 2.45) is 0 Å². The highest BCUT2D eigenvalue weighted by atomic mass is 35.5. The van der Waals surface area contributed by atoms with Crippen molar-refractivity contribution in [1.82, 2.24) is 10.2 Å². The van der Waals surface area contributed by atoms with Crippen molar-refractivity contribution in [3.8, 4) is 18.2 Å². The van der Waals surface area contributed by atoms with Crippen molar-refractivity contribution >= 4 is 11.6 Å². The van der Waals surface area contributed by atoms with Crippen LogP contribution in [0.15, 0.2) is 0 Å². The third-order valence-electron chi connectivity index (χ3n) is 1.94. The normalized spacial score (nSPS) is 11.9. The van der Waals surface area contributed by atoms with E-state index in [1.807, 2.05) is 13.8 Å². The highest BCUT2D eigenvalue weighted by Gasteiger charge is 2.10. The molecule has 4 heteroatoms. The molecule has 0 amide bonds. The summed E-state index contributed by atoms with van der Waals surface area (Å²) >= 11 is 5.79. The van der Waals surface area contributed by atoms with E-state index < -0.39 is 0 Å². The van der Waals surface area contributed by atoms with E-state index in [4.69, 9.17) is 22.8 Å². The first-order valence-electron chi connectivity index (χ1n) is 4.18. The zero-order chi connectivity index (χ0) is 10.7. The number of nitrogens with zero attached hydrogens (tertiary/aromatic N) is 2. The molecule has 0 spiro atoms. The summed E-state index contributed by atoms with van der Waals surface area (Å²) in [5, 5.41) is 7.97. The number of ether oxygens (including phenoxy) is 1. The highest BCUT2D eigenvalue weighted by Crippen LogP contribution is 2.22. The Morgan fingerprint density at radius 3 is 2.57 bits per heavy atom.